The van der Waals surface area contributed by atoms with Crippen LogP contribution in [-0.2, 0) is 0 Å². The molecule has 0 aliphatic carbocycles. The number of aromatic nitrogens is 1. The largest absolute Gasteiger partial charge is 0.490 e. The molecule has 0 radical (unpaired) electrons. The summed E-state index contributed by atoms with van der Waals surface area (Å²) < 4.78 is 18.3. The van der Waals surface area contributed by atoms with Crippen molar-refractivity contribution in [2.75, 3.05) is 6.61 Å². The Hall–Kier alpha value is -3.12. The highest BCUT2D eigenvalue weighted by Crippen LogP contribution is 2.24. The van der Waals surface area contributed by atoms with Gasteiger partial charge in [0, 0.05) is 29.1 Å². The zero-order valence-electron chi connectivity index (χ0n) is 16.1. The number of benzene rings is 2. The van der Waals surface area contributed by atoms with Gasteiger partial charge in [-0.3, -0.25) is 4.98 Å². The average Bonchev–Trinajstić information content (AvgIpc) is 2.71. The Labute approximate surface area is 166 Å². The van der Waals surface area contributed by atoms with E-state index in [2.05, 4.69) is 35.5 Å². The summed E-state index contributed by atoms with van der Waals surface area (Å²) in [6.07, 6.45) is 4.93. The minimum atomic E-state index is -0.751. The first-order chi connectivity index (χ1) is 13.7. The number of ether oxygens (including phenoxy) is 1. The molecule has 0 aliphatic heterocycles. The van der Waals surface area contributed by atoms with Gasteiger partial charge >= 0.3 is 0 Å². The van der Waals surface area contributed by atoms with Crippen molar-refractivity contribution in [1.29, 1.82) is 0 Å². The summed E-state index contributed by atoms with van der Waals surface area (Å²) >= 11 is 0. The molecule has 1 atom stereocenters. The van der Waals surface area contributed by atoms with Crippen LogP contribution in [0.4, 0.5) is 4.39 Å². The van der Waals surface area contributed by atoms with E-state index in [0.717, 1.165) is 46.2 Å². The van der Waals surface area contributed by atoms with Gasteiger partial charge in [0.15, 0.2) is 0 Å². The van der Waals surface area contributed by atoms with Crippen LogP contribution < -0.4 is 4.74 Å². The van der Waals surface area contributed by atoms with Crippen molar-refractivity contribution in [1.82, 2.24) is 4.98 Å². The van der Waals surface area contributed by atoms with Gasteiger partial charge in [0.1, 0.15) is 12.4 Å². The van der Waals surface area contributed by atoms with Gasteiger partial charge in [0.2, 0.25) is 0 Å². The fraction of sp³-hybridized carbons (Fsp3) is 0.240. The first kappa shape index (κ1) is 19.6. The van der Waals surface area contributed by atoms with E-state index in [1.54, 1.807) is 13.0 Å². The molecule has 0 amide bonds. The molecule has 142 valence electrons. The van der Waals surface area contributed by atoms with Gasteiger partial charge in [0.05, 0.1) is 11.9 Å². The quantitative estimate of drug-likeness (QED) is 0.274. The molecule has 1 heterocycles. The van der Waals surface area contributed by atoms with Crippen molar-refractivity contribution in [3.05, 3.63) is 72.9 Å². The van der Waals surface area contributed by atoms with Gasteiger partial charge in [0.25, 0.3) is 0 Å². The predicted octanol–water partition coefficient (Wildman–Crippen LogP) is 6.35. The van der Waals surface area contributed by atoms with E-state index >= 15 is 0 Å². The average molecular weight is 373 g/mol. The van der Waals surface area contributed by atoms with Crippen LogP contribution >= 0.6 is 0 Å². The van der Waals surface area contributed by atoms with Crippen molar-refractivity contribution >= 4 is 10.8 Å². The highest BCUT2D eigenvalue weighted by atomic mass is 19.1. The first-order valence-corrected chi connectivity index (χ1v) is 9.52. The van der Waals surface area contributed by atoms with E-state index in [1.807, 2.05) is 42.6 Å². The Morgan fingerprint density at radius 1 is 1.14 bits per heavy atom. The lowest BCUT2D eigenvalue weighted by atomic mass is 10.1. The van der Waals surface area contributed by atoms with E-state index in [4.69, 9.17) is 4.74 Å². The monoisotopic (exact) mass is 373 g/mol. The van der Waals surface area contributed by atoms with Crippen molar-refractivity contribution in [3.8, 4) is 28.8 Å². The van der Waals surface area contributed by atoms with E-state index in [0.29, 0.717) is 13.0 Å². The van der Waals surface area contributed by atoms with Crippen LogP contribution in [0.1, 0.15) is 31.7 Å². The summed E-state index contributed by atoms with van der Waals surface area (Å²) in [5.74, 6) is 7.10. The normalized spacial score (nSPS) is 11.5. The van der Waals surface area contributed by atoms with Crippen LogP contribution in [0.15, 0.2) is 67.4 Å². The maximum Gasteiger partial charge on any atom is 0.119 e. The van der Waals surface area contributed by atoms with Gasteiger partial charge in [-0.15, -0.1) is 0 Å². The Morgan fingerprint density at radius 2 is 1.96 bits per heavy atom. The highest BCUT2D eigenvalue weighted by molar-refractivity contribution is 5.86. The molecule has 1 aromatic heterocycles. The minimum Gasteiger partial charge on any atom is -0.490 e. The van der Waals surface area contributed by atoms with E-state index < -0.39 is 6.17 Å². The number of alkyl halides is 1. The molecule has 3 rings (SSSR count). The van der Waals surface area contributed by atoms with Gasteiger partial charge in [-0.25, -0.2) is 4.39 Å². The number of rotatable bonds is 7. The lowest BCUT2D eigenvalue weighted by Crippen LogP contribution is -1.92. The summed E-state index contributed by atoms with van der Waals surface area (Å²) in [6.45, 7) is 5.73. The molecule has 2 aromatic carbocycles. The van der Waals surface area contributed by atoms with Crippen LogP contribution in [0.5, 0.6) is 5.75 Å². The van der Waals surface area contributed by atoms with Crippen LogP contribution in [0, 0.1) is 11.8 Å². The fourth-order valence-corrected chi connectivity index (χ4v) is 2.89. The Morgan fingerprint density at radius 3 is 2.71 bits per heavy atom. The molecular weight excluding hydrogens is 349 g/mol. The molecule has 28 heavy (non-hydrogen) atoms. The smallest absolute Gasteiger partial charge is 0.119 e. The third-order valence-corrected chi connectivity index (χ3v) is 4.38. The number of nitrogens with zero attached hydrogens (tertiary/aromatic N) is 1. The van der Waals surface area contributed by atoms with E-state index in [-0.39, 0.29) is 0 Å². The van der Waals surface area contributed by atoms with Crippen molar-refractivity contribution in [3.63, 3.8) is 0 Å². The Bertz CT molecular complexity index is 996. The number of fused-ring (bicyclic) bond motifs is 1. The first-order valence-electron chi connectivity index (χ1n) is 9.52. The molecule has 3 heteroatoms. The summed E-state index contributed by atoms with van der Waals surface area (Å²) in [5, 5.41) is 2.17. The zero-order chi connectivity index (χ0) is 19.8. The minimum absolute atomic E-state index is 0.494. The Balaban J connectivity index is 1.72. The molecule has 0 bridgehead atoms. The third-order valence-electron chi connectivity index (χ3n) is 4.38. The molecule has 0 spiro atoms. The third kappa shape index (κ3) is 5.44. The molecule has 1 unspecified atom stereocenters. The van der Waals surface area contributed by atoms with Crippen LogP contribution in [0.3, 0.4) is 0 Å². The van der Waals surface area contributed by atoms with E-state index in [9.17, 15) is 4.39 Å². The van der Waals surface area contributed by atoms with Crippen molar-refractivity contribution in [2.24, 2.45) is 0 Å². The zero-order valence-corrected chi connectivity index (χ0v) is 16.1. The van der Waals surface area contributed by atoms with Gasteiger partial charge in [-0.05, 0) is 67.6 Å². The van der Waals surface area contributed by atoms with E-state index in [1.165, 1.54) is 0 Å². The summed E-state index contributed by atoms with van der Waals surface area (Å²) in [7, 11) is 0. The summed E-state index contributed by atoms with van der Waals surface area (Å²) in [4.78, 5) is 4.59. The Kier molecular flexibility index (Phi) is 6.81. The molecule has 0 fully saturated rings. The number of halogens is 1. The maximum atomic E-state index is 12.8. The topological polar surface area (TPSA) is 22.1 Å². The van der Waals surface area contributed by atoms with Gasteiger partial charge in [-0.1, -0.05) is 30.6 Å². The standard InChI is InChI=1S/C25H24FNO/c1-3-15-28-24-13-11-21(12-14-24)25-17-22-10-9-20(16-23(22)18-27-25)8-6-4-5-7-19(2)26/h3,9-14,16-19H,1,4-5,7,15H2,2H3. The van der Waals surface area contributed by atoms with Crippen LogP contribution in [0.25, 0.3) is 22.0 Å². The van der Waals surface area contributed by atoms with Crippen LogP contribution in [-0.4, -0.2) is 17.8 Å². The summed E-state index contributed by atoms with van der Waals surface area (Å²) in [6, 6.07) is 16.1. The number of hydrogen-bond donors (Lipinski definition) is 0. The molecule has 0 aliphatic rings. The molecule has 0 saturated heterocycles. The second-order valence-electron chi connectivity index (χ2n) is 6.73. The van der Waals surface area contributed by atoms with Gasteiger partial charge < -0.3 is 4.74 Å². The SMILES string of the molecule is C=CCOc1ccc(-c2cc3ccc(C#CCCCC(C)F)cc3cn2)cc1. The molecule has 0 N–H and O–H groups in total. The van der Waals surface area contributed by atoms with Gasteiger partial charge in [-0.2, -0.15) is 0 Å². The molecule has 2 nitrogen and oxygen atoms in total. The lowest BCUT2D eigenvalue weighted by Gasteiger charge is -2.06. The lowest BCUT2D eigenvalue weighted by molar-refractivity contribution is 0.336. The number of pyridine rings is 1. The predicted molar refractivity (Wildman–Crippen MR) is 114 cm³/mol. The summed E-state index contributed by atoms with van der Waals surface area (Å²) in [5.41, 5.74) is 2.92. The van der Waals surface area contributed by atoms with Crippen molar-refractivity contribution < 1.29 is 9.13 Å². The highest BCUT2D eigenvalue weighted by Gasteiger charge is 2.03. The number of hydrogen-bond acceptors (Lipinski definition) is 2. The molecular formula is C25H24FNO. The second kappa shape index (κ2) is 9.71. The fourth-order valence-electron chi connectivity index (χ4n) is 2.89. The maximum absolute atomic E-state index is 12.8. The van der Waals surface area contributed by atoms with Crippen LogP contribution in [0.2, 0.25) is 0 Å². The van der Waals surface area contributed by atoms with Crippen molar-refractivity contribution in [2.45, 2.75) is 32.4 Å². The number of unbranched alkanes of at least 4 members (excludes halogenated alkanes) is 1. The second-order valence-corrected chi connectivity index (χ2v) is 6.73. The molecule has 0 saturated carbocycles. The molecule has 3 aromatic rings.